The van der Waals surface area contributed by atoms with Crippen LogP contribution in [0.2, 0.25) is 0 Å². The Morgan fingerprint density at radius 3 is 2.40 bits per heavy atom. The number of rotatable bonds is 2. The molecule has 0 radical (unpaired) electrons. The summed E-state index contributed by atoms with van der Waals surface area (Å²) in [5.74, 6) is 0.790. The number of aryl methyl sites for hydroxylation is 3. The van der Waals surface area contributed by atoms with Crippen molar-refractivity contribution in [1.82, 2.24) is 9.38 Å². The molecule has 0 aliphatic carbocycles. The van der Waals surface area contributed by atoms with E-state index in [1.165, 1.54) is 5.56 Å². The summed E-state index contributed by atoms with van der Waals surface area (Å²) in [5, 5.41) is 8.69. The number of fused-ring (bicyclic) bond motifs is 1. The number of azo groups is 1. The number of pyridine rings is 1. The third-order valence-corrected chi connectivity index (χ3v) is 3.28. The van der Waals surface area contributed by atoms with Crippen molar-refractivity contribution in [1.29, 1.82) is 0 Å². The van der Waals surface area contributed by atoms with Gasteiger partial charge in [-0.3, -0.25) is 4.40 Å². The van der Waals surface area contributed by atoms with Crippen LogP contribution in [0.3, 0.4) is 0 Å². The summed E-state index contributed by atoms with van der Waals surface area (Å²) in [4.78, 5) is 4.51. The highest BCUT2D eigenvalue weighted by Gasteiger charge is 2.09. The molecule has 0 aliphatic rings. The molecule has 4 nitrogen and oxygen atoms in total. The van der Waals surface area contributed by atoms with Crippen LogP contribution in [0.4, 0.5) is 11.5 Å². The van der Waals surface area contributed by atoms with Crippen LogP contribution < -0.4 is 0 Å². The smallest absolute Gasteiger partial charge is 0.182 e. The van der Waals surface area contributed by atoms with E-state index in [9.17, 15) is 0 Å². The van der Waals surface area contributed by atoms with E-state index in [0.717, 1.165) is 28.5 Å². The van der Waals surface area contributed by atoms with Crippen molar-refractivity contribution < 1.29 is 0 Å². The van der Waals surface area contributed by atoms with Crippen molar-refractivity contribution in [3.8, 4) is 0 Å². The number of nitrogens with zero attached hydrogens (tertiary/aromatic N) is 4. The average molecular weight is 264 g/mol. The fourth-order valence-electron chi connectivity index (χ4n) is 2.18. The van der Waals surface area contributed by atoms with Crippen LogP contribution >= 0.6 is 0 Å². The van der Waals surface area contributed by atoms with Gasteiger partial charge in [0.15, 0.2) is 5.82 Å². The van der Waals surface area contributed by atoms with Crippen LogP contribution in [0.15, 0.2) is 52.7 Å². The predicted molar refractivity (Wildman–Crippen MR) is 80.0 cm³/mol. The molecule has 2 heterocycles. The summed E-state index contributed by atoms with van der Waals surface area (Å²) < 4.78 is 2.02. The van der Waals surface area contributed by atoms with E-state index in [1.807, 2.05) is 60.7 Å². The first-order valence-corrected chi connectivity index (χ1v) is 6.58. The minimum absolute atomic E-state index is 0.790. The Morgan fingerprint density at radius 2 is 1.65 bits per heavy atom. The lowest BCUT2D eigenvalue weighted by atomic mass is 10.2. The van der Waals surface area contributed by atoms with Gasteiger partial charge in [0.25, 0.3) is 0 Å². The second-order valence-electron chi connectivity index (χ2n) is 4.92. The van der Waals surface area contributed by atoms with Gasteiger partial charge in [0, 0.05) is 5.69 Å². The second-order valence-corrected chi connectivity index (χ2v) is 4.92. The Balaban J connectivity index is 2.06. The zero-order chi connectivity index (χ0) is 14.1. The van der Waals surface area contributed by atoms with Gasteiger partial charge >= 0.3 is 0 Å². The number of benzene rings is 1. The third-order valence-electron chi connectivity index (χ3n) is 3.28. The van der Waals surface area contributed by atoms with E-state index in [-0.39, 0.29) is 0 Å². The maximum atomic E-state index is 4.51. The molecule has 0 amide bonds. The van der Waals surface area contributed by atoms with E-state index < -0.39 is 0 Å². The molecule has 0 bridgehead atoms. The first-order chi connectivity index (χ1) is 9.65. The largest absolute Gasteiger partial charge is 0.280 e. The number of imidazole rings is 1. The molecule has 4 heteroatoms. The first-order valence-electron chi connectivity index (χ1n) is 6.58. The van der Waals surface area contributed by atoms with Gasteiger partial charge in [-0.2, -0.15) is 0 Å². The summed E-state index contributed by atoms with van der Waals surface area (Å²) >= 11 is 0. The summed E-state index contributed by atoms with van der Waals surface area (Å²) in [5.41, 5.74) is 4.95. The Bertz CT molecular complexity index is 782. The molecule has 3 aromatic rings. The van der Waals surface area contributed by atoms with E-state index in [2.05, 4.69) is 22.1 Å². The molecule has 100 valence electrons. The molecule has 3 rings (SSSR count). The molecule has 0 unspecified atom stereocenters. The molecular formula is C16H16N4. The molecule has 0 N–H and O–H groups in total. The Kier molecular flexibility index (Phi) is 3.06. The van der Waals surface area contributed by atoms with E-state index in [1.54, 1.807) is 0 Å². The van der Waals surface area contributed by atoms with Crippen molar-refractivity contribution in [2.45, 2.75) is 20.8 Å². The van der Waals surface area contributed by atoms with E-state index in [0.29, 0.717) is 0 Å². The zero-order valence-corrected chi connectivity index (χ0v) is 11.8. The maximum Gasteiger partial charge on any atom is 0.182 e. The third kappa shape index (κ3) is 2.20. The highest BCUT2D eigenvalue weighted by atomic mass is 15.2. The quantitative estimate of drug-likeness (QED) is 0.620. The number of aromatic nitrogens is 2. The van der Waals surface area contributed by atoms with Gasteiger partial charge in [-0.25, -0.2) is 4.98 Å². The maximum absolute atomic E-state index is 4.51. The normalized spacial score (nSPS) is 11.6. The van der Waals surface area contributed by atoms with Crippen molar-refractivity contribution in [2.75, 3.05) is 0 Å². The highest BCUT2D eigenvalue weighted by Crippen LogP contribution is 2.24. The second kappa shape index (κ2) is 4.89. The summed E-state index contributed by atoms with van der Waals surface area (Å²) in [6.45, 7) is 6.05. The summed E-state index contributed by atoms with van der Waals surface area (Å²) in [7, 11) is 0. The lowest BCUT2D eigenvalue weighted by molar-refractivity contribution is 1.04. The van der Waals surface area contributed by atoms with Crippen molar-refractivity contribution >= 4 is 17.2 Å². The van der Waals surface area contributed by atoms with Gasteiger partial charge in [0.2, 0.25) is 0 Å². The van der Waals surface area contributed by atoms with Gasteiger partial charge in [0.05, 0.1) is 11.4 Å². The van der Waals surface area contributed by atoms with E-state index in [4.69, 9.17) is 0 Å². The Labute approximate surface area is 117 Å². The standard InChI is InChI=1S/C16H16N4/c1-11-7-9-14(10-8-11)18-19-16-13(3)17-15-6-4-5-12(2)20(15)16/h4-10H,1-3H3. The molecular weight excluding hydrogens is 248 g/mol. The molecule has 0 spiro atoms. The van der Waals surface area contributed by atoms with Gasteiger partial charge in [-0.05, 0) is 45.0 Å². The predicted octanol–water partition coefficient (Wildman–Crippen LogP) is 4.67. The molecule has 0 saturated carbocycles. The van der Waals surface area contributed by atoms with Crippen molar-refractivity contribution in [3.05, 3.63) is 59.4 Å². The summed E-state index contributed by atoms with van der Waals surface area (Å²) in [6.07, 6.45) is 0. The Hall–Kier alpha value is -2.49. The fraction of sp³-hybridized carbons (Fsp3) is 0.188. The lowest BCUT2D eigenvalue weighted by Gasteiger charge is -2.00. The molecule has 20 heavy (non-hydrogen) atoms. The zero-order valence-electron chi connectivity index (χ0n) is 11.8. The van der Waals surface area contributed by atoms with Crippen LogP contribution in [0, 0.1) is 20.8 Å². The van der Waals surface area contributed by atoms with Crippen LogP contribution in [-0.2, 0) is 0 Å². The molecule has 0 fully saturated rings. The van der Waals surface area contributed by atoms with Crippen LogP contribution in [-0.4, -0.2) is 9.38 Å². The molecule has 1 aromatic carbocycles. The summed E-state index contributed by atoms with van der Waals surface area (Å²) in [6, 6.07) is 14.0. The van der Waals surface area contributed by atoms with Gasteiger partial charge in [0.1, 0.15) is 5.65 Å². The minimum Gasteiger partial charge on any atom is -0.280 e. The SMILES string of the molecule is Cc1ccc(N=Nc2c(C)nc3cccc(C)n23)cc1. The minimum atomic E-state index is 0.790. The molecule has 0 saturated heterocycles. The molecule has 2 aromatic heterocycles. The van der Waals surface area contributed by atoms with E-state index >= 15 is 0 Å². The van der Waals surface area contributed by atoms with Crippen LogP contribution in [0.25, 0.3) is 5.65 Å². The number of hydrogen-bond donors (Lipinski definition) is 0. The Morgan fingerprint density at radius 1 is 0.900 bits per heavy atom. The van der Waals surface area contributed by atoms with Crippen LogP contribution in [0.5, 0.6) is 0 Å². The van der Waals surface area contributed by atoms with Gasteiger partial charge in [-0.1, -0.05) is 23.8 Å². The topological polar surface area (TPSA) is 42.0 Å². The highest BCUT2D eigenvalue weighted by molar-refractivity contribution is 5.53. The van der Waals surface area contributed by atoms with Crippen molar-refractivity contribution in [2.24, 2.45) is 10.2 Å². The fourth-order valence-corrected chi connectivity index (χ4v) is 2.18. The van der Waals surface area contributed by atoms with Gasteiger partial charge < -0.3 is 0 Å². The average Bonchev–Trinajstić information content (AvgIpc) is 2.75. The first kappa shape index (κ1) is 12.5. The van der Waals surface area contributed by atoms with Crippen molar-refractivity contribution in [3.63, 3.8) is 0 Å². The monoisotopic (exact) mass is 264 g/mol. The molecule has 0 aliphatic heterocycles. The van der Waals surface area contributed by atoms with Gasteiger partial charge in [-0.15, -0.1) is 10.2 Å². The lowest BCUT2D eigenvalue weighted by Crippen LogP contribution is -1.88. The van der Waals surface area contributed by atoms with Crippen LogP contribution in [0.1, 0.15) is 17.0 Å². The number of hydrogen-bond acceptors (Lipinski definition) is 3. The molecule has 0 atom stereocenters.